The minimum Gasteiger partial charge on any atom is -0.373 e. The van der Waals surface area contributed by atoms with Crippen LogP contribution < -0.4 is 0 Å². The number of imidazole rings is 1. The van der Waals surface area contributed by atoms with E-state index in [2.05, 4.69) is 23.7 Å². The van der Waals surface area contributed by atoms with Gasteiger partial charge in [-0.2, -0.15) is 0 Å². The zero-order valence-corrected chi connectivity index (χ0v) is 15.7. The summed E-state index contributed by atoms with van der Waals surface area (Å²) in [5.41, 5.74) is 0. The fourth-order valence-electron chi connectivity index (χ4n) is 3.70. The molecule has 0 aromatic carbocycles. The number of nitrogens with zero attached hydrogens (tertiary/aromatic N) is 4. The molecule has 0 aliphatic carbocycles. The fraction of sp³-hybridized carbons (Fsp3) is 0.765. The summed E-state index contributed by atoms with van der Waals surface area (Å²) in [6.45, 7) is 8.05. The van der Waals surface area contributed by atoms with Gasteiger partial charge in [-0.25, -0.2) is 4.98 Å². The lowest BCUT2D eigenvalue weighted by atomic mass is 10.0. The summed E-state index contributed by atoms with van der Waals surface area (Å²) in [7, 11) is 1.95. The predicted molar refractivity (Wildman–Crippen MR) is 95.1 cm³/mol. The van der Waals surface area contributed by atoms with Gasteiger partial charge in [0.25, 0.3) is 0 Å². The van der Waals surface area contributed by atoms with Gasteiger partial charge in [-0.05, 0) is 26.7 Å². The van der Waals surface area contributed by atoms with Crippen molar-refractivity contribution in [3.63, 3.8) is 0 Å². The van der Waals surface area contributed by atoms with Gasteiger partial charge in [0, 0.05) is 51.7 Å². The Bertz CT molecular complexity index is 547. The summed E-state index contributed by atoms with van der Waals surface area (Å²) in [5, 5.41) is 0.898. The zero-order chi connectivity index (χ0) is 17.1. The van der Waals surface area contributed by atoms with E-state index in [1.807, 2.05) is 22.7 Å². The van der Waals surface area contributed by atoms with Crippen LogP contribution in [0.3, 0.4) is 0 Å². The number of carbonyl (C=O) groups is 1. The highest BCUT2D eigenvalue weighted by Crippen LogP contribution is 2.22. The standard InChI is InChI=1S/C17H28N4O2S/c1-13-10-21(11-14(2)23-13)15-4-7-20(8-5-15)16(22)12-24-17-18-6-9-19(17)3/h6,9,13-15H,4-5,7-8,10-12H2,1-3H3/t13-,14+. The molecular weight excluding hydrogens is 324 g/mol. The van der Waals surface area contributed by atoms with Crippen LogP contribution in [-0.4, -0.2) is 75.4 Å². The highest BCUT2D eigenvalue weighted by Gasteiger charge is 2.31. The number of aromatic nitrogens is 2. The molecule has 1 amide bonds. The Morgan fingerprint density at radius 2 is 1.96 bits per heavy atom. The fourth-order valence-corrected chi connectivity index (χ4v) is 4.54. The Kier molecular flexibility index (Phi) is 5.84. The third kappa shape index (κ3) is 4.32. The molecule has 2 saturated heterocycles. The van der Waals surface area contributed by atoms with Gasteiger partial charge in [-0.15, -0.1) is 0 Å². The molecule has 0 saturated carbocycles. The largest absolute Gasteiger partial charge is 0.373 e. The number of likely N-dealkylation sites (tertiary alicyclic amines) is 1. The third-order valence-electron chi connectivity index (χ3n) is 4.88. The normalized spacial score (nSPS) is 26.7. The van der Waals surface area contributed by atoms with Gasteiger partial charge >= 0.3 is 0 Å². The van der Waals surface area contributed by atoms with Gasteiger partial charge < -0.3 is 14.2 Å². The molecule has 1 aromatic rings. The number of morpholine rings is 1. The van der Waals surface area contributed by atoms with Crippen LogP contribution in [0, 0.1) is 0 Å². The Balaban J connectivity index is 1.44. The van der Waals surface area contributed by atoms with E-state index in [0.717, 1.165) is 44.2 Å². The number of aryl methyl sites for hydroxylation is 1. The van der Waals surface area contributed by atoms with Crippen molar-refractivity contribution in [3.8, 4) is 0 Å². The molecule has 2 atom stereocenters. The average molecular weight is 353 g/mol. The van der Waals surface area contributed by atoms with Crippen LogP contribution >= 0.6 is 11.8 Å². The van der Waals surface area contributed by atoms with E-state index in [1.165, 1.54) is 11.8 Å². The van der Waals surface area contributed by atoms with E-state index in [1.54, 1.807) is 6.20 Å². The molecule has 2 aliphatic rings. The van der Waals surface area contributed by atoms with Crippen molar-refractivity contribution in [3.05, 3.63) is 12.4 Å². The average Bonchev–Trinajstić information content (AvgIpc) is 2.97. The van der Waals surface area contributed by atoms with E-state index < -0.39 is 0 Å². The Hall–Kier alpha value is -1.05. The van der Waals surface area contributed by atoms with Crippen molar-refractivity contribution in [2.75, 3.05) is 31.9 Å². The van der Waals surface area contributed by atoms with Gasteiger partial charge in [0.1, 0.15) is 0 Å². The second-order valence-electron chi connectivity index (χ2n) is 6.93. The molecule has 0 unspecified atom stereocenters. The molecule has 1 aromatic heterocycles. The van der Waals surface area contributed by atoms with Crippen LogP contribution in [0.2, 0.25) is 0 Å². The molecule has 2 aliphatic heterocycles. The van der Waals surface area contributed by atoms with E-state index in [9.17, 15) is 4.79 Å². The number of thioether (sulfide) groups is 1. The molecule has 0 N–H and O–H groups in total. The van der Waals surface area contributed by atoms with Crippen LogP contribution in [0.15, 0.2) is 17.6 Å². The van der Waals surface area contributed by atoms with Crippen molar-refractivity contribution < 1.29 is 9.53 Å². The Morgan fingerprint density at radius 3 is 2.54 bits per heavy atom. The van der Waals surface area contributed by atoms with Gasteiger partial charge in [0.05, 0.1) is 18.0 Å². The molecule has 6 nitrogen and oxygen atoms in total. The first-order chi connectivity index (χ1) is 11.5. The highest BCUT2D eigenvalue weighted by molar-refractivity contribution is 7.99. The van der Waals surface area contributed by atoms with Crippen molar-refractivity contribution >= 4 is 17.7 Å². The first kappa shape index (κ1) is 17.8. The van der Waals surface area contributed by atoms with Crippen molar-refractivity contribution in [2.24, 2.45) is 7.05 Å². The van der Waals surface area contributed by atoms with Gasteiger partial charge in [-0.3, -0.25) is 9.69 Å². The molecule has 2 fully saturated rings. The molecule has 0 spiro atoms. The van der Waals surface area contributed by atoms with Crippen molar-refractivity contribution in [1.82, 2.24) is 19.4 Å². The molecule has 7 heteroatoms. The molecule has 3 rings (SSSR count). The highest BCUT2D eigenvalue weighted by atomic mass is 32.2. The number of carbonyl (C=O) groups excluding carboxylic acids is 1. The van der Waals surface area contributed by atoms with Crippen molar-refractivity contribution in [1.29, 1.82) is 0 Å². The van der Waals surface area contributed by atoms with Crippen LogP contribution in [0.25, 0.3) is 0 Å². The first-order valence-electron chi connectivity index (χ1n) is 8.80. The maximum Gasteiger partial charge on any atom is 0.233 e. The van der Waals surface area contributed by atoms with E-state index >= 15 is 0 Å². The van der Waals surface area contributed by atoms with Crippen LogP contribution in [0.4, 0.5) is 0 Å². The Labute approximate surface area is 148 Å². The van der Waals surface area contributed by atoms with Gasteiger partial charge in [0.15, 0.2) is 5.16 Å². The minimum absolute atomic E-state index is 0.227. The number of hydrogen-bond donors (Lipinski definition) is 0. The maximum atomic E-state index is 12.4. The summed E-state index contributed by atoms with van der Waals surface area (Å²) in [4.78, 5) is 21.3. The number of ether oxygens (including phenoxy) is 1. The predicted octanol–water partition coefficient (Wildman–Crippen LogP) is 1.61. The monoisotopic (exact) mass is 352 g/mol. The van der Waals surface area contributed by atoms with Crippen LogP contribution in [0.1, 0.15) is 26.7 Å². The number of hydrogen-bond acceptors (Lipinski definition) is 5. The lowest BCUT2D eigenvalue weighted by Crippen LogP contribution is -2.53. The van der Waals surface area contributed by atoms with Crippen LogP contribution in [0.5, 0.6) is 0 Å². The lowest BCUT2D eigenvalue weighted by Gasteiger charge is -2.43. The van der Waals surface area contributed by atoms with E-state index in [4.69, 9.17) is 4.74 Å². The van der Waals surface area contributed by atoms with Gasteiger partial charge in [0.2, 0.25) is 5.91 Å². The smallest absolute Gasteiger partial charge is 0.233 e. The van der Waals surface area contributed by atoms with E-state index in [-0.39, 0.29) is 5.91 Å². The second-order valence-corrected chi connectivity index (χ2v) is 7.88. The number of rotatable bonds is 4. The number of amides is 1. The zero-order valence-electron chi connectivity index (χ0n) is 14.9. The minimum atomic E-state index is 0.227. The topological polar surface area (TPSA) is 50.6 Å². The summed E-state index contributed by atoms with van der Waals surface area (Å²) in [6, 6.07) is 0.588. The van der Waals surface area contributed by atoms with Gasteiger partial charge in [-0.1, -0.05) is 11.8 Å². The summed E-state index contributed by atoms with van der Waals surface area (Å²) in [5.74, 6) is 0.700. The lowest BCUT2D eigenvalue weighted by molar-refractivity contribution is -0.131. The molecule has 24 heavy (non-hydrogen) atoms. The quantitative estimate of drug-likeness (QED) is 0.771. The molecule has 0 bridgehead atoms. The molecule has 134 valence electrons. The molecular formula is C17H28N4O2S. The SMILES string of the molecule is C[C@@H]1CN(C2CCN(C(=O)CSc3nccn3C)CC2)C[C@H](C)O1. The second kappa shape index (κ2) is 7.89. The Morgan fingerprint density at radius 1 is 1.29 bits per heavy atom. The third-order valence-corrected chi connectivity index (χ3v) is 5.93. The van der Waals surface area contributed by atoms with E-state index in [0.29, 0.717) is 24.0 Å². The summed E-state index contributed by atoms with van der Waals surface area (Å²) in [6.07, 6.45) is 6.42. The number of piperidine rings is 1. The maximum absolute atomic E-state index is 12.4. The summed E-state index contributed by atoms with van der Waals surface area (Å²) >= 11 is 1.52. The van der Waals surface area contributed by atoms with Crippen LogP contribution in [-0.2, 0) is 16.6 Å². The summed E-state index contributed by atoms with van der Waals surface area (Å²) < 4.78 is 7.78. The molecule has 3 heterocycles. The molecule has 0 radical (unpaired) electrons. The first-order valence-corrected chi connectivity index (χ1v) is 9.79. The van der Waals surface area contributed by atoms with Crippen molar-refractivity contribution in [2.45, 2.75) is 50.1 Å².